The van der Waals surface area contributed by atoms with Crippen LogP contribution in [-0.4, -0.2) is 30.3 Å². The second kappa shape index (κ2) is 3.71. The minimum absolute atomic E-state index is 0. The van der Waals surface area contributed by atoms with E-state index < -0.39 is 24.1 Å². The van der Waals surface area contributed by atoms with E-state index >= 15 is 0 Å². The predicted octanol–water partition coefficient (Wildman–Crippen LogP) is 1.03. The zero-order valence-electron chi connectivity index (χ0n) is 6.52. The molecule has 0 spiro atoms. The minimum atomic E-state index is -4.66. The van der Waals surface area contributed by atoms with Crippen molar-refractivity contribution in [2.75, 3.05) is 13.1 Å². The lowest BCUT2D eigenvalue weighted by molar-refractivity contribution is -0.225. The van der Waals surface area contributed by atoms with Gasteiger partial charge in [0.25, 0.3) is 0 Å². The van der Waals surface area contributed by atoms with Crippen molar-refractivity contribution in [1.82, 2.24) is 5.32 Å². The van der Waals surface area contributed by atoms with E-state index in [0.29, 0.717) is 0 Å². The van der Waals surface area contributed by atoms with Gasteiger partial charge in [-0.05, 0) is 13.0 Å². The van der Waals surface area contributed by atoms with Crippen molar-refractivity contribution in [3.63, 3.8) is 0 Å². The summed E-state index contributed by atoms with van der Waals surface area (Å²) in [7, 11) is 0. The zero-order chi connectivity index (χ0) is 9.41. The van der Waals surface area contributed by atoms with E-state index in [1.54, 1.807) is 0 Å². The molecule has 0 bridgehead atoms. The van der Waals surface area contributed by atoms with Gasteiger partial charge in [0, 0.05) is 6.54 Å². The lowest BCUT2D eigenvalue weighted by Gasteiger charge is -2.25. The van der Waals surface area contributed by atoms with Crippen molar-refractivity contribution in [3.05, 3.63) is 0 Å². The van der Waals surface area contributed by atoms with Crippen molar-refractivity contribution in [3.8, 4) is 0 Å². The maximum atomic E-state index is 12.2. The maximum absolute atomic E-state index is 12.2. The fourth-order valence-corrected chi connectivity index (χ4v) is 1.24. The molecule has 1 atom stereocenters. The van der Waals surface area contributed by atoms with Crippen LogP contribution in [0.1, 0.15) is 6.42 Å². The summed E-state index contributed by atoms with van der Waals surface area (Å²) in [6.45, 7) is -0.419. The number of nitrogens with one attached hydrogen (secondary N) is 1. The third-order valence-electron chi connectivity index (χ3n) is 2.11. The van der Waals surface area contributed by atoms with Gasteiger partial charge in [0.2, 0.25) is 0 Å². The fraction of sp³-hybridized carbons (Fsp3) is 0.833. The monoisotopic (exact) mass is 219 g/mol. The highest BCUT2D eigenvalue weighted by Crippen LogP contribution is 2.42. The first-order valence-electron chi connectivity index (χ1n) is 3.41. The molecule has 0 radical (unpaired) electrons. The molecule has 0 aromatic heterocycles. The third-order valence-corrected chi connectivity index (χ3v) is 2.11. The second-order valence-electron chi connectivity index (χ2n) is 2.81. The van der Waals surface area contributed by atoms with Crippen LogP contribution in [0.2, 0.25) is 0 Å². The molecule has 0 aromatic carbocycles. The third kappa shape index (κ3) is 1.88. The molecular formula is C6H9ClF3NO2. The van der Waals surface area contributed by atoms with E-state index in [9.17, 15) is 18.0 Å². The molecule has 13 heavy (non-hydrogen) atoms. The van der Waals surface area contributed by atoms with E-state index in [0.717, 1.165) is 0 Å². The lowest BCUT2D eigenvalue weighted by atomic mass is 9.87. The summed E-state index contributed by atoms with van der Waals surface area (Å²) >= 11 is 0. The quantitative estimate of drug-likeness (QED) is 0.693. The van der Waals surface area contributed by atoms with Crippen LogP contribution in [0.25, 0.3) is 0 Å². The predicted molar refractivity (Wildman–Crippen MR) is 40.9 cm³/mol. The van der Waals surface area contributed by atoms with Gasteiger partial charge in [-0.2, -0.15) is 13.2 Å². The summed E-state index contributed by atoms with van der Waals surface area (Å²) in [5.74, 6) is -1.79. The number of carboxylic acids is 1. The largest absolute Gasteiger partial charge is 0.481 e. The molecule has 2 N–H and O–H groups in total. The highest BCUT2D eigenvalue weighted by Gasteiger charge is 2.61. The molecule has 0 saturated carbocycles. The van der Waals surface area contributed by atoms with Gasteiger partial charge in [0.05, 0.1) is 0 Å². The summed E-state index contributed by atoms with van der Waals surface area (Å²) < 4.78 is 36.7. The average Bonchev–Trinajstić information content (AvgIpc) is 2.31. The maximum Gasteiger partial charge on any atom is 0.406 e. The van der Waals surface area contributed by atoms with Crippen LogP contribution in [-0.2, 0) is 4.79 Å². The standard InChI is InChI=1S/C6H8F3NO2.ClH/c7-6(8,9)5(4(11)12)1-2-10-3-5;/h10H,1-3H2,(H,11,12);1H. The smallest absolute Gasteiger partial charge is 0.406 e. The van der Waals surface area contributed by atoms with Gasteiger partial charge in [-0.25, -0.2) is 0 Å². The molecule has 1 aliphatic heterocycles. The Morgan fingerprint density at radius 2 is 2.00 bits per heavy atom. The van der Waals surface area contributed by atoms with Gasteiger partial charge >= 0.3 is 12.1 Å². The molecule has 3 nitrogen and oxygen atoms in total. The number of halogens is 4. The van der Waals surface area contributed by atoms with E-state index in [1.165, 1.54) is 0 Å². The minimum Gasteiger partial charge on any atom is -0.481 e. The highest BCUT2D eigenvalue weighted by molar-refractivity contribution is 5.85. The molecule has 1 aliphatic rings. The Morgan fingerprint density at radius 3 is 2.15 bits per heavy atom. The Hall–Kier alpha value is -0.490. The highest BCUT2D eigenvalue weighted by atomic mass is 35.5. The number of hydrogen-bond acceptors (Lipinski definition) is 2. The number of alkyl halides is 3. The second-order valence-corrected chi connectivity index (χ2v) is 2.81. The van der Waals surface area contributed by atoms with Gasteiger partial charge in [-0.3, -0.25) is 4.79 Å². The molecular weight excluding hydrogens is 211 g/mol. The number of hydrogen-bond donors (Lipinski definition) is 2. The van der Waals surface area contributed by atoms with E-state index in [1.807, 2.05) is 0 Å². The van der Waals surface area contributed by atoms with Crippen molar-refractivity contribution in [2.45, 2.75) is 12.6 Å². The molecule has 78 valence electrons. The van der Waals surface area contributed by atoms with Crippen LogP contribution >= 0.6 is 12.4 Å². The summed E-state index contributed by atoms with van der Waals surface area (Å²) in [4.78, 5) is 10.4. The first-order valence-corrected chi connectivity index (χ1v) is 3.41. The topological polar surface area (TPSA) is 49.3 Å². The Labute approximate surface area is 78.7 Å². The van der Waals surface area contributed by atoms with Gasteiger partial charge in [-0.15, -0.1) is 12.4 Å². The van der Waals surface area contributed by atoms with Crippen LogP contribution in [0.3, 0.4) is 0 Å². The Kier molecular flexibility index (Phi) is 3.57. The van der Waals surface area contributed by atoms with Crippen molar-refractivity contribution in [1.29, 1.82) is 0 Å². The summed E-state index contributed by atoms with van der Waals surface area (Å²) in [5.41, 5.74) is -2.56. The number of carboxylic acid groups (broad SMARTS) is 1. The Bertz CT molecular complexity index is 201. The van der Waals surface area contributed by atoms with Crippen molar-refractivity contribution >= 4 is 18.4 Å². The molecule has 1 heterocycles. The van der Waals surface area contributed by atoms with E-state index in [2.05, 4.69) is 5.32 Å². The lowest BCUT2D eigenvalue weighted by Crippen LogP contribution is -2.46. The van der Waals surface area contributed by atoms with Crippen molar-refractivity contribution < 1.29 is 23.1 Å². The van der Waals surface area contributed by atoms with Gasteiger partial charge in [0.15, 0.2) is 5.41 Å². The molecule has 0 aliphatic carbocycles. The Balaban J connectivity index is 0.00000144. The van der Waals surface area contributed by atoms with Crippen LogP contribution in [0.4, 0.5) is 13.2 Å². The van der Waals surface area contributed by atoms with E-state index in [4.69, 9.17) is 5.11 Å². The van der Waals surface area contributed by atoms with Crippen molar-refractivity contribution in [2.24, 2.45) is 5.41 Å². The molecule has 1 rings (SSSR count). The van der Waals surface area contributed by atoms with Crippen LogP contribution in [0.15, 0.2) is 0 Å². The molecule has 7 heteroatoms. The summed E-state index contributed by atoms with van der Waals surface area (Å²) in [6, 6.07) is 0. The van der Waals surface area contributed by atoms with Gasteiger partial charge in [-0.1, -0.05) is 0 Å². The molecule has 1 unspecified atom stereocenters. The summed E-state index contributed by atoms with van der Waals surface area (Å²) in [5, 5.41) is 10.8. The fourth-order valence-electron chi connectivity index (χ4n) is 1.24. The van der Waals surface area contributed by atoms with Crippen LogP contribution < -0.4 is 5.32 Å². The normalized spacial score (nSPS) is 28.2. The van der Waals surface area contributed by atoms with Crippen LogP contribution in [0.5, 0.6) is 0 Å². The zero-order valence-corrected chi connectivity index (χ0v) is 7.34. The SMILES string of the molecule is Cl.O=C(O)C1(C(F)(F)F)CCNC1. The number of aliphatic carboxylic acids is 1. The molecule has 1 saturated heterocycles. The Morgan fingerprint density at radius 1 is 1.46 bits per heavy atom. The number of carbonyl (C=O) groups is 1. The molecule has 0 aromatic rings. The average molecular weight is 220 g/mol. The van der Waals surface area contributed by atoms with Gasteiger partial charge < -0.3 is 10.4 Å². The molecule has 1 fully saturated rings. The first-order chi connectivity index (χ1) is 5.40. The van der Waals surface area contributed by atoms with E-state index in [-0.39, 0.29) is 25.4 Å². The van der Waals surface area contributed by atoms with Crippen LogP contribution in [0, 0.1) is 5.41 Å². The van der Waals surface area contributed by atoms with Gasteiger partial charge in [0.1, 0.15) is 0 Å². The first kappa shape index (κ1) is 12.5. The number of rotatable bonds is 1. The summed E-state index contributed by atoms with van der Waals surface area (Å²) in [6.07, 6.45) is -5.05. The molecule has 0 amide bonds.